The zero-order valence-corrected chi connectivity index (χ0v) is 14.9. The summed E-state index contributed by atoms with van der Waals surface area (Å²) in [5.74, 6) is 1.27. The van der Waals surface area contributed by atoms with Crippen molar-refractivity contribution < 1.29 is 0 Å². The minimum Gasteiger partial charge on any atom is -0.219 e. The second-order valence-corrected chi connectivity index (χ2v) is 7.04. The van der Waals surface area contributed by atoms with Crippen LogP contribution in [0.15, 0.2) is 33.6 Å². The molecule has 0 aliphatic heterocycles. The van der Waals surface area contributed by atoms with Crippen molar-refractivity contribution in [1.29, 1.82) is 0 Å². The van der Waals surface area contributed by atoms with Crippen LogP contribution in [-0.4, -0.2) is 9.97 Å². The lowest BCUT2D eigenvalue weighted by Crippen LogP contribution is -1.96. The summed E-state index contributed by atoms with van der Waals surface area (Å²) in [6, 6.07) is 8.05. The topological polar surface area (TPSA) is 25.8 Å². The molecule has 0 amide bonds. The van der Waals surface area contributed by atoms with Gasteiger partial charge in [0.1, 0.15) is 16.1 Å². The Morgan fingerprint density at radius 2 is 1.89 bits per heavy atom. The Bertz CT molecular complexity index is 560. The molecular formula is C11H6BrCl2IN2S. The van der Waals surface area contributed by atoms with E-state index in [-0.39, 0.29) is 0 Å². The average Bonchev–Trinajstić information content (AvgIpc) is 2.33. The van der Waals surface area contributed by atoms with Crippen molar-refractivity contribution in [2.24, 2.45) is 0 Å². The van der Waals surface area contributed by atoms with Gasteiger partial charge in [-0.3, -0.25) is 0 Å². The maximum absolute atomic E-state index is 5.97. The molecular weight excluding hydrogens is 470 g/mol. The van der Waals surface area contributed by atoms with E-state index in [0.29, 0.717) is 25.5 Å². The first-order valence-corrected chi connectivity index (χ1v) is 8.43. The highest BCUT2D eigenvalue weighted by Gasteiger charge is 2.09. The number of nitrogens with zero attached hydrogens (tertiary/aromatic N) is 2. The lowest BCUT2D eigenvalue weighted by Gasteiger charge is -2.04. The van der Waals surface area contributed by atoms with Gasteiger partial charge in [0.15, 0.2) is 0 Å². The van der Waals surface area contributed by atoms with E-state index in [1.54, 1.807) is 11.8 Å². The molecule has 1 aromatic heterocycles. The number of rotatable bonds is 3. The molecule has 0 N–H and O–H groups in total. The summed E-state index contributed by atoms with van der Waals surface area (Å²) in [5, 5.41) is 0.806. The molecule has 2 nitrogen and oxygen atoms in total. The smallest absolute Gasteiger partial charge is 0.147 e. The molecule has 0 bridgehead atoms. The third kappa shape index (κ3) is 3.96. The molecule has 0 aliphatic carbocycles. The van der Waals surface area contributed by atoms with Crippen molar-refractivity contribution >= 4 is 73.5 Å². The molecule has 0 radical (unpaired) electrons. The minimum absolute atomic E-state index is 0.403. The normalized spacial score (nSPS) is 10.7. The lowest BCUT2D eigenvalue weighted by atomic mass is 10.4. The van der Waals surface area contributed by atoms with Gasteiger partial charge in [0, 0.05) is 9.37 Å². The predicted molar refractivity (Wildman–Crippen MR) is 88.5 cm³/mol. The fraction of sp³-hybridized carbons (Fsp3) is 0.0909. The van der Waals surface area contributed by atoms with Crippen molar-refractivity contribution in [2.75, 3.05) is 0 Å². The van der Waals surface area contributed by atoms with E-state index in [1.807, 2.05) is 46.9 Å². The van der Waals surface area contributed by atoms with E-state index in [1.165, 1.54) is 0 Å². The Balaban J connectivity index is 2.11. The molecule has 1 heterocycles. The highest BCUT2D eigenvalue weighted by Crippen LogP contribution is 2.27. The zero-order valence-electron chi connectivity index (χ0n) is 8.83. The van der Waals surface area contributed by atoms with Gasteiger partial charge in [-0.25, -0.2) is 9.97 Å². The fourth-order valence-corrected chi connectivity index (χ4v) is 3.23. The van der Waals surface area contributed by atoms with Crippen molar-refractivity contribution in [3.8, 4) is 0 Å². The molecule has 0 aliphatic rings. The van der Waals surface area contributed by atoms with E-state index < -0.39 is 0 Å². The second-order valence-electron chi connectivity index (χ2n) is 3.28. The Morgan fingerprint density at radius 1 is 1.22 bits per heavy atom. The second kappa shape index (κ2) is 6.74. The Hall–Kier alpha value is 0.440. The SMILES string of the molecule is Clc1nc(CSc2cccc(Br)c2)nc(Cl)c1I. The first-order chi connectivity index (χ1) is 8.56. The molecule has 2 rings (SSSR count). The predicted octanol–water partition coefficient (Wildman–Crippen LogP) is 5.44. The minimum atomic E-state index is 0.403. The fourth-order valence-electron chi connectivity index (χ4n) is 1.20. The maximum atomic E-state index is 5.97. The van der Waals surface area contributed by atoms with Crippen LogP contribution < -0.4 is 0 Å². The van der Waals surface area contributed by atoms with Crippen molar-refractivity contribution in [2.45, 2.75) is 10.6 Å². The first kappa shape index (κ1) is 14.8. The zero-order chi connectivity index (χ0) is 13.1. The van der Waals surface area contributed by atoms with Crippen LogP contribution in [0.3, 0.4) is 0 Å². The van der Waals surface area contributed by atoms with Crippen LogP contribution in [0.5, 0.6) is 0 Å². The monoisotopic (exact) mass is 474 g/mol. The van der Waals surface area contributed by atoms with Crippen molar-refractivity contribution in [3.05, 3.63) is 48.4 Å². The maximum Gasteiger partial charge on any atom is 0.147 e. The van der Waals surface area contributed by atoms with Crippen LogP contribution in [0.4, 0.5) is 0 Å². The molecule has 0 saturated heterocycles. The molecule has 0 spiro atoms. The molecule has 0 atom stereocenters. The summed E-state index contributed by atoms with van der Waals surface area (Å²) >= 11 is 19.0. The number of aromatic nitrogens is 2. The van der Waals surface area contributed by atoms with Crippen molar-refractivity contribution in [1.82, 2.24) is 9.97 Å². The summed E-state index contributed by atoms with van der Waals surface area (Å²) in [7, 11) is 0. The lowest BCUT2D eigenvalue weighted by molar-refractivity contribution is 1.02. The number of hydrogen-bond donors (Lipinski definition) is 0. The summed E-state index contributed by atoms with van der Waals surface area (Å²) in [6.45, 7) is 0. The van der Waals surface area contributed by atoms with Gasteiger partial charge < -0.3 is 0 Å². The molecule has 0 saturated carbocycles. The third-order valence-electron chi connectivity index (χ3n) is 1.98. The largest absolute Gasteiger partial charge is 0.219 e. The van der Waals surface area contributed by atoms with E-state index >= 15 is 0 Å². The van der Waals surface area contributed by atoms with Gasteiger partial charge in [-0.2, -0.15) is 0 Å². The molecule has 2 aromatic rings. The van der Waals surface area contributed by atoms with Gasteiger partial charge in [-0.15, -0.1) is 11.8 Å². The molecule has 0 unspecified atom stereocenters. The number of halogens is 4. The van der Waals surface area contributed by atoms with E-state index in [4.69, 9.17) is 23.2 Å². The van der Waals surface area contributed by atoms with Crippen LogP contribution in [0.2, 0.25) is 10.3 Å². The summed E-state index contributed by atoms with van der Waals surface area (Å²) in [6.07, 6.45) is 0. The number of thioether (sulfide) groups is 1. The van der Waals surface area contributed by atoms with Crippen LogP contribution in [0.25, 0.3) is 0 Å². The Morgan fingerprint density at radius 3 is 2.50 bits per heavy atom. The summed E-state index contributed by atoms with van der Waals surface area (Å²) in [5.41, 5.74) is 0. The third-order valence-corrected chi connectivity index (χ3v) is 5.67. The van der Waals surface area contributed by atoms with E-state index in [0.717, 1.165) is 9.37 Å². The average molecular weight is 476 g/mol. The molecule has 0 fully saturated rings. The van der Waals surface area contributed by atoms with Gasteiger partial charge in [0.2, 0.25) is 0 Å². The number of hydrogen-bond acceptors (Lipinski definition) is 3. The van der Waals surface area contributed by atoms with Crippen LogP contribution in [0, 0.1) is 3.57 Å². The Labute approximate surface area is 141 Å². The Kier molecular flexibility index (Phi) is 5.56. The van der Waals surface area contributed by atoms with Crippen LogP contribution >= 0.6 is 73.5 Å². The van der Waals surface area contributed by atoms with E-state index in [9.17, 15) is 0 Å². The van der Waals surface area contributed by atoms with Crippen molar-refractivity contribution in [3.63, 3.8) is 0 Å². The highest BCUT2D eigenvalue weighted by molar-refractivity contribution is 14.1. The molecule has 94 valence electrons. The number of benzene rings is 1. The highest BCUT2D eigenvalue weighted by atomic mass is 127. The first-order valence-electron chi connectivity index (χ1n) is 4.82. The van der Waals surface area contributed by atoms with E-state index in [2.05, 4.69) is 25.9 Å². The molecule has 18 heavy (non-hydrogen) atoms. The summed E-state index contributed by atoms with van der Waals surface area (Å²) < 4.78 is 1.74. The quantitative estimate of drug-likeness (QED) is 0.336. The van der Waals surface area contributed by atoms with Gasteiger partial charge in [-0.05, 0) is 40.8 Å². The van der Waals surface area contributed by atoms with Gasteiger partial charge in [-0.1, -0.05) is 45.2 Å². The van der Waals surface area contributed by atoms with Gasteiger partial charge >= 0.3 is 0 Å². The molecule has 7 heteroatoms. The van der Waals surface area contributed by atoms with Crippen LogP contribution in [0.1, 0.15) is 5.82 Å². The molecule has 1 aromatic carbocycles. The standard InChI is InChI=1S/C11H6BrCl2IN2S/c12-6-2-1-3-7(4-6)18-5-8-16-10(13)9(15)11(14)17-8/h1-4H,5H2. The van der Waals surface area contributed by atoms with Crippen LogP contribution in [-0.2, 0) is 5.75 Å². The summed E-state index contributed by atoms with van der Waals surface area (Å²) in [4.78, 5) is 9.54. The van der Waals surface area contributed by atoms with Gasteiger partial charge in [0.25, 0.3) is 0 Å². The van der Waals surface area contributed by atoms with Gasteiger partial charge in [0.05, 0.1) is 9.32 Å².